The Labute approximate surface area is 141 Å². The van der Waals surface area contributed by atoms with Crippen LogP contribution in [-0.4, -0.2) is 22.0 Å². The average molecular weight is 341 g/mol. The number of anilines is 2. The molecule has 6 nitrogen and oxygen atoms in total. The van der Waals surface area contributed by atoms with Crippen molar-refractivity contribution in [3.63, 3.8) is 0 Å². The largest absolute Gasteiger partial charge is 0.506 e. The summed E-state index contributed by atoms with van der Waals surface area (Å²) in [5.74, 6) is -0.372. The number of hydrogen-bond donors (Lipinski definition) is 4. The molecule has 0 atom stereocenters. The van der Waals surface area contributed by atoms with E-state index in [2.05, 4.69) is 15.6 Å². The van der Waals surface area contributed by atoms with Crippen LogP contribution in [0, 0.1) is 0 Å². The van der Waals surface area contributed by atoms with Gasteiger partial charge in [-0.15, -0.1) is 11.3 Å². The second kappa shape index (κ2) is 5.68. The predicted octanol–water partition coefficient (Wildman–Crippen LogP) is 2.93. The molecule has 1 aliphatic carbocycles. The first-order chi connectivity index (χ1) is 11.6. The molecule has 0 spiro atoms. The van der Waals surface area contributed by atoms with Crippen molar-refractivity contribution in [2.24, 2.45) is 0 Å². The SMILES string of the molecule is O=C(NC1CC1)c1c(Nc2ccccc2)sc2c(O)cc(=O)[nH]c12. The lowest BCUT2D eigenvalue weighted by atomic mass is 10.2. The van der Waals surface area contributed by atoms with Gasteiger partial charge in [-0.2, -0.15) is 0 Å². The fourth-order valence-corrected chi connectivity index (χ4v) is 3.61. The first-order valence-corrected chi connectivity index (χ1v) is 8.45. The summed E-state index contributed by atoms with van der Waals surface area (Å²) < 4.78 is 0.481. The Morgan fingerprint density at radius 3 is 2.71 bits per heavy atom. The minimum absolute atomic E-state index is 0.125. The Morgan fingerprint density at radius 1 is 1.25 bits per heavy atom. The molecule has 2 aromatic heterocycles. The maximum atomic E-state index is 12.7. The molecule has 0 bridgehead atoms. The Hall–Kier alpha value is -2.80. The summed E-state index contributed by atoms with van der Waals surface area (Å²) in [4.78, 5) is 27.0. The number of aromatic hydroxyl groups is 1. The zero-order chi connectivity index (χ0) is 16.7. The van der Waals surface area contributed by atoms with Crippen LogP contribution in [0.3, 0.4) is 0 Å². The number of para-hydroxylation sites is 1. The van der Waals surface area contributed by atoms with Crippen LogP contribution in [0.2, 0.25) is 0 Å². The van der Waals surface area contributed by atoms with Crippen molar-refractivity contribution in [1.82, 2.24) is 10.3 Å². The van der Waals surface area contributed by atoms with Crippen molar-refractivity contribution in [2.75, 3.05) is 5.32 Å². The summed E-state index contributed by atoms with van der Waals surface area (Å²) in [7, 11) is 0. The van der Waals surface area contributed by atoms with Crippen molar-refractivity contribution in [3.05, 3.63) is 52.3 Å². The number of pyridine rings is 1. The lowest BCUT2D eigenvalue weighted by Crippen LogP contribution is -2.26. The normalized spacial score (nSPS) is 13.8. The van der Waals surface area contributed by atoms with Gasteiger partial charge >= 0.3 is 0 Å². The van der Waals surface area contributed by atoms with Crippen molar-refractivity contribution in [3.8, 4) is 5.75 Å². The Morgan fingerprint density at radius 2 is 2.00 bits per heavy atom. The van der Waals surface area contributed by atoms with E-state index in [0.29, 0.717) is 20.8 Å². The number of carbonyl (C=O) groups excluding carboxylic acids is 1. The third-order valence-electron chi connectivity index (χ3n) is 3.83. The number of fused-ring (bicyclic) bond motifs is 1. The number of rotatable bonds is 4. The van der Waals surface area contributed by atoms with E-state index < -0.39 is 5.56 Å². The summed E-state index contributed by atoms with van der Waals surface area (Å²) in [6.07, 6.45) is 1.94. The molecule has 2 heterocycles. The van der Waals surface area contributed by atoms with Crippen LogP contribution in [0.1, 0.15) is 23.2 Å². The molecular weight excluding hydrogens is 326 g/mol. The van der Waals surface area contributed by atoms with E-state index in [4.69, 9.17) is 0 Å². The number of H-pyrrole nitrogens is 1. The molecule has 7 heteroatoms. The van der Waals surface area contributed by atoms with E-state index in [9.17, 15) is 14.7 Å². The lowest BCUT2D eigenvalue weighted by molar-refractivity contribution is 0.0953. The van der Waals surface area contributed by atoms with Gasteiger partial charge in [-0.1, -0.05) is 18.2 Å². The van der Waals surface area contributed by atoms with Gasteiger partial charge in [-0.05, 0) is 25.0 Å². The molecule has 0 saturated heterocycles. The van der Waals surface area contributed by atoms with Crippen LogP contribution in [0.5, 0.6) is 5.75 Å². The summed E-state index contributed by atoms with van der Waals surface area (Å²) >= 11 is 1.24. The number of benzene rings is 1. The summed E-state index contributed by atoms with van der Waals surface area (Å²) in [6.45, 7) is 0. The van der Waals surface area contributed by atoms with Crippen LogP contribution in [0.15, 0.2) is 41.2 Å². The van der Waals surface area contributed by atoms with Gasteiger partial charge in [0.15, 0.2) is 0 Å². The molecule has 122 valence electrons. The smallest absolute Gasteiger partial charge is 0.256 e. The first kappa shape index (κ1) is 14.8. The zero-order valence-electron chi connectivity index (χ0n) is 12.6. The summed E-state index contributed by atoms with van der Waals surface area (Å²) in [5, 5.41) is 16.8. The Kier molecular flexibility index (Phi) is 3.50. The van der Waals surface area contributed by atoms with Crippen molar-refractivity contribution in [2.45, 2.75) is 18.9 Å². The maximum absolute atomic E-state index is 12.7. The second-order valence-corrected chi connectivity index (χ2v) is 6.79. The topological polar surface area (TPSA) is 94.2 Å². The van der Waals surface area contributed by atoms with Crippen LogP contribution in [0.25, 0.3) is 10.2 Å². The first-order valence-electron chi connectivity index (χ1n) is 7.63. The maximum Gasteiger partial charge on any atom is 0.256 e. The molecule has 1 amide bonds. The Balaban J connectivity index is 1.85. The van der Waals surface area contributed by atoms with Crippen LogP contribution >= 0.6 is 11.3 Å². The molecule has 0 aliphatic heterocycles. The quantitative estimate of drug-likeness (QED) is 0.587. The van der Waals surface area contributed by atoms with Crippen molar-refractivity contribution < 1.29 is 9.90 Å². The fourth-order valence-electron chi connectivity index (χ4n) is 2.52. The standard InChI is InChI=1S/C17H15N3O3S/c21-11-8-12(22)20-14-13(16(23)18-10-6-7-10)17(24-15(11)14)19-9-4-2-1-3-5-9/h1-5,8,10,19H,6-7H2,(H,18,23)(H2,20,21,22). The van der Waals surface area contributed by atoms with Gasteiger partial charge in [0.2, 0.25) is 0 Å². The van der Waals surface area contributed by atoms with Gasteiger partial charge < -0.3 is 20.7 Å². The van der Waals surface area contributed by atoms with Gasteiger partial charge in [-0.25, -0.2) is 0 Å². The van der Waals surface area contributed by atoms with Crippen molar-refractivity contribution in [1.29, 1.82) is 0 Å². The molecule has 1 aromatic carbocycles. The highest BCUT2D eigenvalue weighted by Gasteiger charge is 2.28. The van der Waals surface area contributed by atoms with E-state index >= 15 is 0 Å². The molecular formula is C17H15N3O3S. The van der Waals surface area contributed by atoms with Crippen LogP contribution < -0.4 is 16.2 Å². The third-order valence-corrected chi connectivity index (χ3v) is 4.96. The van der Waals surface area contributed by atoms with Crippen molar-refractivity contribution >= 4 is 38.1 Å². The number of aromatic amines is 1. The van der Waals surface area contributed by atoms with E-state index in [0.717, 1.165) is 24.6 Å². The fraction of sp³-hybridized carbons (Fsp3) is 0.176. The predicted molar refractivity (Wildman–Crippen MR) is 94.3 cm³/mol. The number of nitrogens with one attached hydrogen (secondary N) is 3. The van der Waals surface area contributed by atoms with Gasteiger partial charge in [0.25, 0.3) is 11.5 Å². The minimum Gasteiger partial charge on any atom is -0.506 e. The molecule has 1 saturated carbocycles. The van der Waals surface area contributed by atoms with E-state index in [1.165, 1.54) is 11.3 Å². The van der Waals surface area contributed by atoms with Gasteiger partial charge in [0, 0.05) is 17.8 Å². The molecule has 1 aliphatic rings. The molecule has 24 heavy (non-hydrogen) atoms. The lowest BCUT2D eigenvalue weighted by Gasteiger charge is -2.08. The highest BCUT2D eigenvalue weighted by molar-refractivity contribution is 7.23. The van der Waals surface area contributed by atoms with E-state index in [1.54, 1.807) is 0 Å². The zero-order valence-corrected chi connectivity index (χ0v) is 13.4. The third kappa shape index (κ3) is 2.74. The molecule has 3 aromatic rings. The summed E-state index contributed by atoms with van der Waals surface area (Å²) in [6, 6.07) is 10.8. The molecule has 0 radical (unpaired) electrons. The van der Waals surface area contributed by atoms with Crippen LogP contribution in [-0.2, 0) is 0 Å². The van der Waals surface area contributed by atoms with E-state index in [1.807, 2.05) is 30.3 Å². The Bertz CT molecular complexity index is 974. The number of hydrogen-bond acceptors (Lipinski definition) is 5. The highest BCUT2D eigenvalue weighted by atomic mass is 32.1. The molecule has 4 N–H and O–H groups in total. The molecule has 1 fully saturated rings. The second-order valence-electron chi connectivity index (χ2n) is 5.77. The number of amides is 1. The minimum atomic E-state index is -0.440. The molecule has 4 rings (SSSR count). The van der Waals surface area contributed by atoms with Gasteiger partial charge in [-0.3, -0.25) is 9.59 Å². The molecule has 0 unspecified atom stereocenters. The highest BCUT2D eigenvalue weighted by Crippen LogP contribution is 2.40. The number of thiophene rings is 1. The average Bonchev–Trinajstić information content (AvgIpc) is 3.28. The monoisotopic (exact) mass is 341 g/mol. The van der Waals surface area contributed by atoms with Crippen LogP contribution in [0.4, 0.5) is 10.7 Å². The summed E-state index contributed by atoms with van der Waals surface area (Å²) in [5.41, 5.74) is 1.11. The van der Waals surface area contributed by atoms with Gasteiger partial charge in [0.05, 0.1) is 15.8 Å². The number of aromatic nitrogens is 1. The van der Waals surface area contributed by atoms with Gasteiger partial charge in [0.1, 0.15) is 10.8 Å². The number of carbonyl (C=O) groups is 1. The van der Waals surface area contributed by atoms with E-state index in [-0.39, 0.29) is 17.7 Å².